The standard InChI is InChI=1S/C18H21NO4.C4H6O6/c1-19-8-7-17-14-10-3-4-12(22-2)15(14)23-16(17)11(20)5-6-18(17,21)13(19)9-10;5-1(3(7)8)2(6)4(9)10/h3-4,13,16,21H,5-9H2,1-2H3;1-2,5-6H,(H,7,8)(H,9,10)/t13-,16?,17+,18?;1-,2-/m10/s1. The summed E-state index contributed by atoms with van der Waals surface area (Å²) in [6, 6.07) is 4.05. The van der Waals surface area contributed by atoms with Crippen molar-refractivity contribution >= 4 is 17.7 Å². The Morgan fingerprint density at radius 3 is 2.39 bits per heavy atom. The maximum Gasteiger partial charge on any atom is 0.335 e. The molecule has 2 unspecified atom stereocenters. The second-order valence-electron chi connectivity index (χ2n) is 9.01. The number of benzene rings is 1. The number of piperidine rings is 1. The van der Waals surface area contributed by atoms with Crippen LogP contribution >= 0.6 is 0 Å². The molecule has 0 radical (unpaired) electrons. The average molecular weight is 465 g/mol. The molecule has 33 heavy (non-hydrogen) atoms. The van der Waals surface area contributed by atoms with E-state index in [-0.39, 0.29) is 11.8 Å². The Labute approximate surface area is 189 Å². The molecule has 1 saturated heterocycles. The molecule has 0 amide bonds. The Morgan fingerprint density at radius 2 is 1.82 bits per heavy atom. The van der Waals surface area contributed by atoms with Crippen molar-refractivity contribution in [1.82, 2.24) is 4.90 Å². The lowest BCUT2D eigenvalue weighted by Gasteiger charge is -2.62. The number of hydrogen-bond acceptors (Lipinski definition) is 9. The molecule has 6 atom stereocenters. The SMILES string of the molecule is COc1ccc2c3c1OC1C(=O)CCC4(O)[C@@H](C2)N(C)CC[C@]314.O=C(O)[C@@H](O)[C@H](O)C(=O)O. The Morgan fingerprint density at radius 1 is 1.18 bits per heavy atom. The third-order valence-corrected chi connectivity index (χ3v) is 7.54. The Hall–Kier alpha value is -2.73. The normalized spacial score (nSPS) is 33.1. The number of hydrogen-bond donors (Lipinski definition) is 5. The molecule has 180 valence electrons. The monoisotopic (exact) mass is 465 g/mol. The van der Waals surface area contributed by atoms with Crippen molar-refractivity contribution < 1.29 is 49.4 Å². The third-order valence-electron chi connectivity index (χ3n) is 7.54. The highest BCUT2D eigenvalue weighted by Crippen LogP contribution is 2.64. The zero-order chi connectivity index (χ0) is 24.3. The summed E-state index contributed by atoms with van der Waals surface area (Å²) in [6.07, 6.45) is -2.64. The van der Waals surface area contributed by atoms with E-state index in [1.807, 2.05) is 6.07 Å². The van der Waals surface area contributed by atoms with Crippen LogP contribution in [0.25, 0.3) is 0 Å². The quantitative estimate of drug-likeness (QED) is 0.366. The molecule has 11 heteroatoms. The van der Waals surface area contributed by atoms with Gasteiger partial charge in [0.15, 0.2) is 35.6 Å². The lowest BCUT2D eigenvalue weighted by Crippen LogP contribution is -2.76. The second kappa shape index (κ2) is 7.94. The largest absolute Gasteiger partial charge is 0.493 e. The van der Waals surface area contributed by atoms with Crippen LogP contribution in [0.2, 0.25) is 0 Å². The van der Waals surface area contributed by atoms with Gasteiger partial charge in [0.05, 0.1) is 18.1 Å². The van der Waals surface area contributed by atoms with Gasteiger partial charge in [-0.1, -0.05) is 6.07 Å². The highest BCUT2D eigenvalue weighted by atomic mass is 16.5. The van der Waals surface area contributed by atoms with Crippen molar-refractivity contribution in [3.8, 4) is 11.5 Å². The van der Waals surface area contributed by atoms with Crippen molar-refractivity contribution in [1.29, 1.82) is 0 Å². The minimum Gasteiger partial charge on any atom is -0.493 e. The number of carboxylic acid groups (broad SMARTS) is 2. The predicted molar refractivity (Wildman–Crippen MR) is 110 cm³/mol. The number of methoxy groups -OCH3 is 1. The van der Waals surface area contributed by atoms with Crippen molar-refractivity contribution in [2.75, 3.05) is 20.7 Å². The number of ether oxygens (including phenoxy) is 2. The summed E-state index contributed by atoms with van der Waals surface area (Å²) in [6.45, 7) is 0.871. The number of Topliss-reactive ketones (excluding diaryl/α,β-unsaturated/α-hetero) is 1. The van der Waals surface area contributed by atoms with Gasteiger partial charge in [-0.2, -0.15) is 0 Å². The van der Waals surface area contributed by atoms with Crippen LogP contribution in [0.15, 0.2) is 12.1 Å². The zero-order valence-corrected chi connectivity index (χ0v) is 18.2. The second-order valence-corrected chi connectivity index (χ2v) is 9.01. The molecular weight excluding hydrogens is 438 g/mol. The van der Waals surface area contributed by atoms with Crippen LogP contribution in [0, 0.1) is 0 Å². The fourth-order valence-corrected chi connectivity index (χ4v) is 5.96. The summed E-state index contributed by atoms with van der Waals surface area (Å²) in [5.74, 6) is -2.07. The number of rotatable bonds is 4. The van der Waals surface area contributed by atoms with Gasteiger partial charge in [-0.15, -0.1) is 0 Å². The molecule has 2 fully saturated rings. The molecule has 2 bridgehead atoms. The van der Waals surface area contributed by atoms with Crippen molar-refractivity contribution in [3.05, 3.63) is 23.3 Å². The number of carbonyl (C=O) groups excluding carboxylic acids is 1. The van der Waals surface area contributed by atoms with Gasteiger partial charge in [-0.25, -0.2) is 9.59 Å². The third kappa shape index (κ3) is 3.14. The smallest absolute Gasteiger partial charge is 0.335 e. The van der Waals surface area contributed by atoms with E-state index < -0.39 is 41.3 Å². The van der Waals surface area contributed by atoms with Crippen LogP contribution in [0.5, 0.6) is 11.5 Å². The lowest BCUT2D eigenvalue weighted by molar-refractivity contribution is -0.185. The number of likely N-dealkylation sites (tertiary alicyclic amines) is 1. The molecule has 1 saturated carbocycles. The molecule has 1 aromatic rings. The number of aliphatic hydroxyl groups excluding tert-OH is 2. The van der Waals surface area contributed by atoms with E-state index in [2.05, 4.69) is 18.0 Å². The molecule has 2 heterocycles. The predicted octanol–water partition coefficient (Wildman–Crippen LogP) is -1.07. The van der Waals surface area contributed by atoms with E-state index in [1.165, 1.54) is 5.56 Å². The minimum atomic E-state index is -2.27. The lowest BCUT2D eigenvalue weighted by atomic mass is 9.49. The number of aliphatic hydroxyl groups is 3. The zero-order valence-electron chi connectivity index (χ0n) is 18.2. The van der Waals surface area contributed by atoms with Gasteiger partial charge in [0.1, 0.15) is 0 Å². The van der Waals surface area contributed by atoms with Gasteiger partial charge in [0.2, 0.25) is 0 Å². The average Bonchev–Trinajstić information content (AvgIpc) is 3.14. The fourth-order valence-electron chi connectivity index (χ4n) is 5.96. The van der Waals surface area contributed by atoms with Crippen molar-refractivity contribution in [2.45, 2.75) is 61.1 Å². The van der Waals surface area contributed by atoms with Gasteiger partial charge < -0.3 is 39.9 Å². The Kier molecular flexibility index (Phi) is 5.64. The maximum absolute atomic E-state index is 12.7. The van der Waals surface area contributed by atoms with Crippen LogP contribution in [0.3, 0.4) is 0 Å². The van der Waals surface area contributed by atoms with Crippen LogP contribution in [-0.4, -0.2) is 98.8 Å². The number of aliphatic carboxylic acids is 2. The number of carboxylic acids is 2. The molecule has 11 nitrogen and oxygen atoms in total. The molecule has 0 aromatic heterocycles. The summed E-state index contributed by atoms with van der Waals surface area (Å²) >= 11 is 0. The van der Waals surface area contributed by atoms with Crippen LogP contribution in [0.1, 0.15) is 30.4 Å². The summed E-state index contributed by atoms with van der Waals surface area (Å²) in [7, 11) is 3.70. The molecular formula is C22H27NO10. The Balaban J connectivity index is 0.000000223. The van der Waals surface area contributed by atoms with Gasteiger partial charge in [0, 0.05) is 18.0 Å². The molecule has 2 aliphatic carbocycles. The fraction of sp³-hybridized carbons (Fsp3) is 0.591. The van der Waals surface area contributed by atoms with E-state index in [4.69, 9.17) is 29.9 Å². The molecule has 2 aliphatic heterocycles. The molecule has 1 spiro atoms. The number of likely N-dealkylation sites (N-methyl/N-ethyl adjacent to an activating group) is 1. The van der Waals surface area contributed by atoms with Crippen molar-refractivity contribution in [3.63, 3.8) is 0 Å². The number of ketones is 1. The van der Waals surface area contributed by atoms with Gasteiger partial charge in [-0.3, -0.25) is 4.79 Å². The first kappa shape index (κ1) is 23.4. The molecule has 4 aliphatic rings. The highest BCUT2D eigenvalue weighted by molar-refractivity contribution is 5.90. The van der Waals surface area contributed by atoms with Crippen LogP contribution in [-0.2, 0) is 26.2 Å². The van der Waals surface area contributed by atoms with E-state index in [0.29, 0.717) is 24.3 Å². The van der Waals surface area contributed by atoms with Gasteiger partial charge in [0.25, 0.3) is 0 Å². The topological polar surface area (TPSA) is 174 Å². The molecule has 5 N–H and O–H groups in total. The first-order chi connectivity index (χ1) is 15.5. The minimum absolute atomic E-state index is 0.0438. The summed E-state index contributed by atoms with van der Waals surface area (Å²) < 4.78 is 11.6. The highest BCUT2D eigenvalue weighted by Gasteiger charge is 2.72. The van der Waals surface area contributed by atoms with Gasteiger partial charge >= 0.3 is 11.9 Å². The number of carbonyl (C=O) groups is 3. The van der Waals surface area contributed by atoms with E-state index >= 15 is 0 Å². The first-order valence-corrected chi connectivity index (χ1v) is 10.6. The summed E-state index contributed by atoms with van der Waals surface area (Å²) in [4.78, 5) is 34.4. The summed E-state index contributed by atoms with van der Waals surface area (Å²) in [5, 5.41) is 44.3. The number of nitrogens with zero attached hydrogens (tertiary/aromatic N) is 1. The van der Waals surface area contributed by atoms with E-state index in [1.54, 1.807) is 7.11 Å². The molecule has 1 aromatic carbocycles. The van der Waals surface area contributed by atoms with Crippen LogP contribution < -0.4 is 9.47 Å². The van der Waals surface area contributed by atoms with Crippen LogP contribution in [0.4, 0.5) is 0 Å². The summed E-state index contributed by atoms with van der Waals surface area (Å²) in [5.41, 5.74) is 0.737. The van der Waals surface area contributed by atoms with E-state index in [9.17, 15) is 19.5 Å². The maximum atomic E-state index is 12.7. The van der Waals surface area contributed by atoms with Gasteiger partial charge in [-0.05, 0) is 44.5 Å². The van der Waals surface area contributed by atoms with E-state index in [0.717, 1.165) is 24.9 Å². The molecule has 5 rings (SSSR count). The van der Waals surface area contributed by atoms with Crippen molar-refractivity contribution in [2.24, 2.45) is 0 Å². The first-order valence-electron chi connectivity index (χ1n) is 10.6. The Bertz CT molecular complexity index is 993.